The van der Waals surface area contributed by atoms with E-state index in [0.717, 1.165) is 0 Å². The van der Waals surface area contributed by atoms with Gasteiger partial charge in [-0.3, -0.25) is 14.9 Å². The third-order valence-corrected chi connectivity index (χ3v) is 3.47. The highest BCUT2D eigenvalue weighted by Gasteiger charge is 2.31. The highest BCUT2D eigenvalue weighted by molar-refractivity contribution is 5.97. The summed E-state index contributed by atoms with van der Waals surface area (Å²) in [6.45, 7) is 2.46. The molecule has 0 aliphatic rings. The van der Waals surface area contributed by atoms with Crippen molar-refractivity contribution in [2.75, 3.05) is 11.9 Å². The van der Waals surface area contributed by atoms with E-state index >= 15 is 0 Å². The molecule has 8 heteroatoms. The topological polar surface area (TPSA) is 102 Å². The van der Waals surface area contributed by atoms with Crippen LogP contribution in [0.4, 0.5) is 15.8 Å². The Bertz CT molecular complexity index is 790. The molecule has 2 aromatic carbocycles. The fourth-order valence-corrected chi connectivity index (χ4v) is 2.02. The van der Waals surface area contributed by atoms with Crippen LogP contribution in [-0.2, 0) is 4.79 Å². The predicted octanol–water partition coefficient (Wildman–Crippen LogP) is 2.81. The van der Waals surface area contributed by atoms with Crippen LogP contribution < -0.4 is 10.1 Å². The standard InChI is InChI=1S/C17H17FN2O5/c1-11-9-13(5-8-15(11)20(23)24)19-16(21)17(2,22)10-25-14-6-3-12(18)4-7-14/h3-9,22H,10H2,1-2H3,(H,19,21)/t17-/m0/s1. The fraction of sp³-hybridized carbons (Fsp3) is 0.235. The molecule has 0 saturated heterocycles. The molecular weight excluding hydrogens is 331 g/mol. The Kier molecular flexibility index (Phi) is 5.33. The van der Waals surface area contributed by atoms with Crippen LogP contribution in [0.2, 0.25) is 0 Å². The van der Waals surface area contributed by atoms with Crippen molar-refractivity contribution in [1.29, 1.82) is 0 Å². The number of aliphatic hydroxyl groups is 1. The van der Waals surface area contributed by atoms with Gasteiger partial charge in [-0.1, -0.05) is 0 Å². The zero-order valence-electron chi connectivity index (χ0n) is 13.7. The largest absolute Gasteiger partial charge is 0.490 e. The van der Waals surface area contributed by atoms with Crippen molar-refractivity contribution in [3.05, 3.63) is 64.0 Å². The molecular formula is C17H17FN2O5. The molecule has 0 aliphatic heterocycles. The van der Waals surface area contributed by atoms with E-state index in [1.807, 2.05) is 0 Å². The van der Waals surface area contributed by atoms with E-state index in [4.69, 9.17) is 4.74 Å². The fourth-order valence-electron chi connectivity index (χ4n) is 2.02. The Balaban J connectivity index is 2.01. The molecule has 7 nitrogen and oxygen atoms in total. The Morgan fingerprint density at radius 2 is 1.96 bits per heavy atom. The number of nitro benzene ring substituents is 1. The van der Waals surface area contributed by atoms with E-state index in [0.29, 0.717) is 17.0 Å². The summed E-state index contributed by atoms with van der Waals surface area (Å²) in [6.07, 6.45) is 0. The first kappa shape index (κ1) is 18.3. The molecule has 0 bridgehead atoms. The molecule has 1 amide bonds. The summed E-state index contributed by atoms with van der Waals surface area (Å²) in [6, 6.07) is 9.24. The number of anilines is 1. The number of amides is 1. The number of carbonyl (C=O) groups excluding carboxylic acids is 1. The average Bonchev–Trinajstić information content (AvgIpc) is 2.54. The minimum absolute atomic E-state index is 0.0654. The van der Waals surface area contributed by atoms with E-state index in [-0.39, 0.29) is 12.3 Å². The first-order chi connectivity index (χ1) is 11.7. The lowest BCUT2D eigenvalue weighted by atomic mass is 10.1. The van der Waals surface area contributed by atoms with Gasteiger partial charge in [0.2, 0.25) is 0 Å². The van der Waals surface area contributed by atoms with E-state index in [9.17, 15) is 24.4 Å². The van der Waals surface area contributed by atoms with Crippen LogP contribution in [0.3, 0.4) is 0 Å². The van der Waals surface area contributed by atoms with Crippen LogP contribution in [0.1, 0.15) is 12.5 Å². The normalized spacial score (nSPS) is 13.0. The first-order valence-electron chi connectivity index (χ1n) is 7.36. The summed E-state index contributed by atoms with van der Waals surface area (Å²) in [5.74, 6) is -0.853. The van der Waals surface area contributed by atoms with E-state index < -0.39 is 22.2 Å². The minimum atomic E-state index is -1.86. The SMILES string of the molecule is Cc1cc(NC(=O)[C@@](C)(O)COc2ccc(F)cc2)ccc1[N+](=O)[O-]. The number of nitro groups is 1. The zero-order valence-corrected chi connectivity index (χ0v) is 13.7. The van der Waals surface area contributed by atoms with Gasteiger partial charge in [0.1, 0.15) is 18.2 Å². The van der Waals surface area contributed by atoms with Gasteiger partial charge in [0.15, 0.2) is 5.60 Å². The average molecular weight is 348 g/mol. The highest BCUT2D eigenvalue weighted by atomic mass is 19.1. The summed E-state index contributed by atoms with van der Waals surface area (Å²) < 4.78 is 18.1. The molecule has 0 aliphatic carbocycles. The number of halogens is 1. The maximum Gasteiger partial charge on any atom is 0.272 e. The number of rotatable bonds is 6. The summed E-state index contributed by atoms with van der Waals surface area (Å²) in [7, 11) is 0. The zero-order chi connectivity index (χ0) is 18.6. The number of nitrogens with zero attached hydrogens (tertiary/aromatic N) is 1. The Morgan fingerprint density at radius 3 is 2.52 bits per heavy atom. The van der Waals surface area contributed by atoms with Crippen molar-refractivity contribution in [3.8, 4) is 5.75 Å². The number of hydrogen-bond donors (Lipinski definition) is 2. The molecule has 0 aromatic heterocycles. The molecule has 2 aromatic rings. The van der Waals surface area contributed by atoms with Crippen molar-refractivity contribution in [1.82, 2.24) is 0 Å². The third-order valence-electron chi connectivity index (χ3n) is 3.47. The van der Waals surface area contributed by atoms with Gasteiger partial charge in [0, 0.05) is 17.3 Å². The molecule has 0 spiro atoms. The number of aryl methyl sites for hydroxylation is 1. The van der Waals surface area contributed by atoms with Gasteiger partial charge in [-0.15, -0.1) is 0 Å². The monoisotopic (exact) mass is 348 g/mol. The Morgan fingerprint density at radius 1 is 1.32 bits per heavy atom. The molecule has 0 radical (unpaired) electrons. The molecule has 132 valence electrons. The second-order valence-corrected chi connectivity index (χ2v) is 5.73. The molecule has 0 saturated carbocycles. The highest BCUT2D eigenvalue weighted by Crippen LogP contribution is 2.22. The van der Waals surface area contributed by atoms with Crippen molar-refractivity contribution in [2.45, 2.75) is 19.4 Å². The van der Waals surface area contributed by atoms with Crippen molar-refractivity contribution >= 4 is 17.3 Å². The van der Waals surface area contributed by atoms with Gasteiger partial charge in [-0.2, -0.15) is 0 Å². The summed E-state index contributed by atoms with van der Waals surface area (Å²) in [4.78, 5) is 22.5. The van der Waals surface area contributed by atoms with Crippen molar-refractivity contribution < 1.29 is 24.0 Å². The Labute approximate surface area is 143 Å². The van der Waals surface area contributed by atoms with Crippen LogP contribution in [0, 0.1) is 22.9 Å². The lowest BCUT2D eigenvalue weighted by Gasteiger charge is -2.22. The maximum absolute atomic E-state index is 12.8. The van der Waals surface area contributed by atoms with Crippen LogP contribution in [0.15, 0.2) is 42.5 Å². The third kappa shape index (κ3) is 4.74. The van der Waals surface area contributed by atoms with Crippen molar-refractivity contribution in [2.24, 2.45) is 0 Å². The van der Waals surface area contributed by atoms with Crippen LogP contribution in [-0.4, -0.2) is 28.1 Å². The number of hydrogen-bond acceptors (Lipinski definition) is 5. The molecule has 0 unspecified atom stereocenters. The van der Waals surface area contributed by atoms with E-state index in [1.54, 1.807) is 6.92 Å². The van der Waals surface area contributed by atoms with Gasteiger partial charge >= 0.3 is 0 Å². The smallest absolute Gasteiger partial charge is 0.272 e. The van der Waals surface area contributed by atoms with E-state index in [2.05, 4.69) is 5.32 Å². The van der Waals surface area contributed by atoms with Gasteiger partial charge in [-0.25, -0.2) is 4.39 Å². The molecule has 2 rings (SSSR count). The number of ether oxygens (including phenoxy) is 1. The summed E-state index contributed by atoms with van der Waals surface area (Å²) >= 11 is 0. The van der Waals surface area contributed by atoms with Gasteiger partial charge < -0.3 is 15.2 Å². The maximum atomic E-state index is 12.8. The molecule has 1 atom stereocenters. The quantitative estimate of drug-likeness (QED) is 0.617. The van der Waals surface area contributed by atoms with Crippen LogP contribution >= 0.6 is 0 Å². The number of benzene rings is 2. The molecule has 0 heterocycles. The minimum Gasteiger partial charge on any atom is -0.490 e. The van der Waals surface area contributed by atoms with Gasteiger partial charge in [-0.05, 0) is 50.2 Å². The number of nitrogens with one attached hydrogen (secondary N) is 1. The lowest BCUT2D eigenvalue weighted by molar-refractivity contribution is -0.385. The van der Waals surface area contributed by atoms with Crippen LogP contribution in [0.25, 0.3) is 0 Å². The number of carbonyl (C=O) groups is 1. The predicted molar refractivity (Wildman–Crippen MR) is 89.0 cm³/mol. The summed E-state index contributed by atoms with van der Waals surface area (Å²) in [5, 5.41) is 23.5. The molecule has 2 N–H and O–H groups in total. The van der Waals surface area contributed by atoms with Gasteiger partial charge in [0.25, 0.3) is 11.6 Å². The lowest BCUT2D eigenvalue weighted by Crippen LogP contribution is -2.45. The van der Waals surface area contributed by atoms with E-state index in [1.165, 1.54) is 49.4 Å². The Hall–Kier alpha value is -3.00. The van der Waals surface area contributed by atoms with Crippen LogP contribution in [0.5, 0.6) is 5.75 Å². The van der Waals surface area contributed by atoms with Crippen molar-refractivity contribution in [3.63, 3.8) is 0 Å². The summed E-state index contributed by atoms with van der Waals surface area (Å²) in [5.41, 5.74) is -1.23. The van der Waals surface area contributed by atoms with Gasteiger partial charge in [0.05, 0.1) is 4.92 Å². The molecule has 0 fully saturated rings. The second-order valence-electron chi connectivity index (χ2n) is 5.73. The molecule has 25 heavy (non-hydrogen) atoms. The second kappa shape index (κ2) is 7.27. The first-order valence-corrected chi connectivity index (χ1v) is 7.36.